The van der Waals surface area contributed by atoms with Gasteiger partial charge >= 0.3 is 0 Å². The summed E-state index contributed by atoms with van der Waals surface area (Å²) in [6, 6.07) is 12.7. The van der Waals surface area contributed by atoms with Crippen LogP contribution in [0.4, 0.5) is 0 Å². The molecule has 0 heterocycles. The van der Waals surface area contributed by atoms with Crippen molar-refractivity contribution in [3.8, 4) is 22.6 Å². The Hall–Kier alpha value is -2.37. The Kier molecular flexibility index (Phi) is 5.94. The number of aldehydes is 1. The molecule has 22 heavy (non-hydrogen) atoms. The van der Waals surface area contributed by atoms with Crippen LogP contribution in [0, 0.1) is 0 Å². The van der Waals surface area contributed by atoms with E-state index in [1.807, 2.05) is 24.3 Å². The normalized spacial score (nSPS) is 10.3. The minimum atomic E-state index is 0.120. The van der Waals surface area contributed by atoms with Crippen molar-refractivity contribution < 1.29 is 23.7 Å². The van der Waals surface area contributed by atoms with Crippen molar-refractivity contribution in [3.63, 3.8) is 0 Å². The molecule has 5 nitrogen and oxygen atoms in total. The fourth-order valence-corrected chi connectivity index (χ4v) is 2.03. The topological polar surface area (TPSA) is 54.0 Å². The van der Waals surface area contributed by atoms with E-state index in [0.29, 0.717) is 17.1 Å². The predicted octanol–water partition coefficient (Wildman–Crippen LogP) is 3.13. The number of hydrogen-bond donors (Lipinski definition) is 0. The highest BCUT2D eigenvalue weighted by atomic mass is 16.7. The van der Waals surface area contributed by atoms with E-state index >= 15 is 0 Å². The second kappa shape index (κ2) is 8.17. The van der Waals surface area contributed by atoms with Crippen molar-refractivity contribution >= 4 is 6.29 Å². The summed E-state index contributed by atoms with van der Waals surface area (Å²) in [5.74, 6) is 1.24. The molecule has 0 atom stereocenters. The minimum absolute atomic E-state index is 0.120. The zero-order valence-corrected chi connectivity index (χ0v) is 12.6. The Balaban J connectivity index is 2.45. The molecule has 2 rings (SSSR count). The van der Waals surface area contributed by atoms with Gasteiger partial charge in [-0.15, -0.1) is 0 Å². The Morgan fingerprint density at radius 2 is 1.64 bits per heavy atom. The fourth-order valence-electron chi connectivity index (χ4n) is 2.03. The van der Waals surface area contributed by atoms with Crippen molar-refractivity contribution in [2.24, 2.45) is 0 Å². The molecule has 0 saturated heterocycles. The van der Waals surface area contributed by atoms with Gasteiger partial charge in [0.05, 0.1) is 0 Å². The van der Waals surface area contributed by atoms with Crippen LogP contribution in [-0.4, -0.2) is 34.1 Å². The molecule has 0 aliphatic heterocycles. The van der Waals surface area contributed by atoms with Crippen LogP contribution >= 0.6 is 0 Å². The van der Waals surface area contributed by atoms with Gasteiger partial charge in [-0.25, -0.2) is 0 Å². The number of rotatable bonds is 8. The Bertz CT molecular complexity index is 624. The third kappa shape index (κ3) is 3.84. The number of carbonyl (C=O) groups is 1. The van der Waals surface area contributed by atoms with Gasteiger partial charge in [-0.1, -0.05) is 24.3 Å². The quantitative estimate of drug-likeness (QED) is 0.554. The number of benzene rings is 2. The molecule has 0 N–H and O–H groups in total. The maximum absolute atomic E-state index is 11.3. The van der Waals surface area contributed by atoms with Crippen LogP contribution < -0.4 is 9.47 Å². The maximum Gasteiger partial charge on any atom is 0.188 e. The summed E-state index contributed by atoms with van der Waals surface area (Å²) in [6.45, 7) is 0.265. The average Bonchev–Trinajstić information content (AvgIpc) is 2.58. The Labute approximate surface area is 129 Å². The van der Waals surface area contributed by atoms with Gasteiger partial charge in [0.15, 0.2) is 19.9 Å². The van der Waals surface area contributed by atoms with Gasteiger partial charge in [0.25, 0.3) is 0 Å². The lowest BCUT2D eigenvalue weighted by Gasteiger charge is -2.14. The summed E-state index contributed by atoms with van der Waals surface area (Å²) in [6.07, 6.45) is 0.818. The first-order valence-electron chi connectivity index (χ1n) is 6.72. The summed E-state index contributed by atoms with van der Waals surface area (Å²) in [5, 5.41) is 0. The van der Waals surface area contributed by atoms with Gasteiger partial charge in [0, 0.05) is 25.3 Å². The molecule has 0 aliphatic rings. The van der Waals surface area contributed by atoms with E-state index < -0.39 is 0 Å². The Morgan fingerprint density at radius 1 is 0.909 bits per heavy atom. The molecular weight excluding hydrogens is 284 g/mol. The van der Waals surface area contributed by atoms with E-state index in [0.717, 1.165) is 17.4 Å². The predicted molar refractivity (Wildman–Crippen MR) is 82.3 cm³/mol. The molecule has 0 aromatic heterocycles. The average molecular weight is 302 g/mol. The van der Waals surface area contributed by atoms with Gasteiger partial charge in [0.2, 0.25) is 0 Å². The van der Waals surface area contributed by atoms with Crippen LogP contribution in [0.1, 0.15) is 10.4 Å². The van der Waals surface area contributed by atoms with E-state index in [2.05, 4.69) is 0 Å². The second-order valence-corrected chi connectivity index (χ2v) is 4.46. The smallest absolute Gasteiger partial charge is 0.188 e. The van der Waals surface area contributed by atoms with Crippen molar-refractivity contribution in [1.82, 2.24) is 0 Å². The van der Waals surface area contributed by atoms with Crippen molar-refractivity contribution in [1.29, 1.82) is 0 Å². The van der Waals surface area contributed by atoms with Gasteiger partial charge in [-0.05, 0) is 23.8 Å². The van der Waals surface area contributed by atoms with Gasteiger partial charge in [0.1, 0.15) is 11.5 Å². The van der Waals surface area contributed by atoms with Crippen LogP contribution in [0.3, 0.4) is 0 Å². The summed E-state index contributed by atoms with van der Waals surface area (Å²) >= 11 is 0. The lowest BCUT2D eigenvalue weighted by molar-refractivity contribution is 0.0487. The molecule has 0 bridgehead atoms. The molecule has 0 amide bonds. The molecule has 2 aromatic carbocycles. The first-order valence-corrected chi connectivity index (χ1v) is 6.72. The number of carbonyl (C=O) groups excluding carboxylic acids is 1. The molecule has 0 unspecified atom stereocenters. The zero-order valence-electron chi connectivity index (χ0n) is 12.6. The highest BCUT2D eigenvalue weighted by molar-refractivity contribution is 5.89. The van der Waals surface area contributed by atoms with E-state index in [1.54, 1.807) is 32.4 Å². The van der Waals surface area contributed by atoms with Gasteiger partial charge < -0.3 is 18.9 Å². The summed E-state index contributed by atoms with van der Waals surface area (Å²) < 4.78 is 20.9. The van der Waals surface area contributed by atoms with Crippen LogP contribution in [0.2, 0.25) is 0 Å². The SMILES string of the molecule is COCOc1ccc(OCOC)c(-c2ccccc2C=O)c1. The lowest BCUT2D eigenvalue weighted by atomic mass is 9.99. The maximum atomic E-state index is 11.3. The van der Waals surface area contributed by atoms with E-state index in [-0.39, 0.29) is 13.6 Å². The molecule has 0 spiro atoms. The first kappa shape index (κ1) is 16.0. The number of methoxy groups -OCH3 is 2. The molecule has 0 saturated carbocycles. The third-order valence-electron chi connectivity index (χ3n) is 3.00. The number of hydrogen-bond acceptors (Lipinski definition) is 5. The molecule has 5 heteroatoms. The molecule has 0 radical (unpaired) electrons. The molecule has 2 aromatic rings. The minimum Gasteiger partial charge on any atom is -0.468 e. The van der Waals surface area contributed by atoms with E-state index in [1.165, 1.54) is 0 Å². The number of ether oxygens (including phenoxy) is 4. The highest BCUT2D eigenvalue weighted by Gasteiger charge is 2.12. The molecule has 0 aliphatic carbocycles. The second-order valence-electron chi connectivity index (χ2n) is 4.46. The van der Waals surface area contributed by atoms with Crippen LogP contribution in [0.15, 0.2) is 42.5 Å². The monoisotopic (exact) mass is 302 g/mol. The summed E-state index contributed by atoms with van der Waals surface area (Å²) in [7, 11) is 3.10. The van der Waals surface area contributed by atoms with Crippen molar-refractivity contribution in [2.75, 3.05) is 27.8 Å². The van der Waals surface area contributed by atoms with E-state index in [4.69, 9.17) is 18.9 Å². The Morgan fingerprint density at radius 3 is 2.36 bits per heavy atom. The summed E-state index contributed by atoms with van der Waals surface area (Å²) in [5.41, 5.74) is 2.11. The van der Waals surface area contributed by atoms with Gasteiger partial charge in [-0.2, -0.15) is 0 Å². The molecule has 116 valence electrons. The standard InChI is InChI=1S/C17H18O5/c1-19-11-21-14-7-8-17(22-12-20-2)16(9-14)15-6-4-3-5-13(15)10-18/h3-10H,11-12H2,1-2H3. The van der Waals surface area contributed by atoms with Crippen LogP contribution in [0.25, 0.3) is 11.1 Å². The first-order chi connectivity index (χ1) is 10.8. The zero-order chi connectivity index (χ0) is 15.8. The van der Waals surface area contributed by atoms with Crippen LogP contribution in [-0.2, 0) is 9.47 Å². The molecular formula is C17H18O5. The van der Waals surface area contributed by atoms with Gasteiger partial charge in [-0.3, -0.25) is 4.79 Å². The van der Waals surface area contributed by atoms with Crippen LogP contribution in [0.5, 0.6) is 11.5 Å². The largest absolute Gasteiger partial charge is 0.468 e. The van der Waals surface area contributed by atoms with Crippen molar-refractivity contribution in [3.05, 3.63) is 48.0 Å². The molecule has 0 fully saturated rings. The van der Waals surface area contributed by atoms with E-state index in [9.17, 15) is 4.79 Å². The summed E-state index contributed by atoms with van der Waals surface area (Å²) in [4.78, 5) is 11.3. The third-order valence-corrected chi connectivity index (χ3v) is 3.00. The fraction of sp³-hybridized carbons (Fsp3) is 0.235. The lowest BCUT2D eigenvalue weighted by Crippen LogP contribution is -2.03. The van der Waals surface area contributed by atoms with Crippen molar-refractivity contribution in [2.45, 2.75) is 0 Å². The highest BCUT2D eigenvalue weighted by Crippen LogP contribution is 2.35.